The molecule has 1 saturated carbocycles. The predicted molar refractivity (Wildman–Crippen MR) is 141 cm³/mol. The van der Waals surface area contributed by atoms with Crippen LogP contribution in [0.25, 0.3) is 16.0 Å². The zero-order valence-corrected chi connectivity index (χ0v) is 26.3. The van der Waals surface area contributed by atoms with Crippen LogP contribution in [-0.4, -0.2) is 46.0 Å². The van der Waals surface area contributed by atoms with E-state index in [2.05, 4.69) is 42.2 Å². The first-order valence-electron chi connectivity index (χ1n) is 12.0. The number of rotatable bonds is 9. The fourth-order valence-corrected chi connectivity index (χ4v) is 5.85. The van der Waals surface area contributed by atoms with Gasteiger partial charge >= 0.3 is 57.4 Å². The summed E-state index contributed by atoms with van der Waals surface area (Å²) in [5, 5.41) is 4.37. The van der Waals surface area contributed by atoms with E-state index in [1.54, 1.807) is 26.4 Å². The van der Waals surface area contributed by atoms with E-state index in [0.29, 0.717) is 39.7 Å². The van der Waals surface area contributed by atoms with Crippen molar-refractivity contribution in [3.63, 3.8) is 0 Å². The summed E-state index contributed by atoms with van der Waals surface area (Å²) in [7, 11) is 6.56. The van der Waals surface area contributed by atoms with E-state index >= 15 is 0 Å². The van der Waals surface area contributed by atoms with Crippen LogP contribution in [0.5, 0.6) is 11.5 Å². The summed E-state index contributed by atoms with van der Waals surface area (Å²) in [5.74, 6) is 1.92. The number of carbonyl (C=O) groups is 1. The number of carbonyl (C=O) groups excluding carboxylic acids is 1. The number of thiol groups is 1. The quantitative estimate of drug-likeness (QED) is 0.176. The molecule has 0 bridgehead atoms. The molecule has 0 saturated heterocycles. The Hall–Kier alpha value is -1.69. The summed E-state index contributed by atoms with van der Waals surface area (Å²) in [6.45, 7) is 3.17. The molecule has 10 heteroatoms. The van der Waals surface area contributed by atoms with Crippen molar-refractivity contribution in [3.05, 3.63) is 51.7 Å². The zero-order valence-electron chi connectivity index (χ0n) is 22.3. The van der Waals surface area contributed by atoms with Crippen molar-refractivity contribution in [3.8, 4) is 22.8 Å². The van der Waals surface area contributed by atoms with Crippen LogP contribution in [0.2, 0.25) is 0 Å². The molecule has 1 aromatic heterocycles. The second kappa shape index (κ2) is 11.6. The number of fused-ring (bicyclic) bond motifs is 4. The monoisotopic (exact) mass is 548 g/mol. The molecule has 1 heterocycles. The Labute approximate surface area is 264 Å². The fourth-order valence-electron chi connectivity index (χ4n) is 4.99. The average Bonchev–Trinajstić information content (AvgIpc) is 3.56. The van der Waals surface area contributed by atoms with E-state index in [-0.39, 0.29) is 56.8 Å². The second-order valence-corrected chi connectivity index (χ2v) is 10.2. The molecule has 2 aliphatic rings. The van der Waals surface area contributed by atoms with Crippen LogP contribution in [0, 0.1) is 0 Å². The smallest absolute Gasteiger partial charge is 0.491 e. The SMILES string of the molecule is CCCN(C)c1ccc2c(c1)-c1onc([N-][SH+]c3c(OC)cc(C(=O)OC)cc3OC)c1CC21CC1.[K+]. The molecule has 0 aliphatic heterocycles. The molecule has 5 rings (SSSR count). The number of nitrogens with zero attached hydrogens (tertiary/aromatic N) is 3. The van der Waals surface area contributed by atoms with Crippen LogP contribution in [-0.2, 0) is 28.5 Å². The maximum atomic E-state index is 12.1. The van der Waals surface area contributed by atoms with Gasteiger partial charge in [-0.25, -0.2) is 9.52 Å². The number of hydrogen-bond acceptors (Lipinski definition) is 7. The Morgan fingerprint density at radius 1 is 1.16 bits per heavy atom. The molecule has 190 valence electrons. The van der Waals surface area contributed by atoms with E-state index in [4.69, 9.17) is 23.5 Å². The van der Waals surface area contributed by atoms with Crippen molar-refractivity contribution in [2.24, 2.45) is 0 Å². The minimum atomic E-state index is -0.463. The number of aromatic nitrogens is 1. The summed E-state index contributed by atoms with van der Waals surface area (Å²) in [5.41, 5.74) is 5.19. The third kappa shape index (κ3) is 5.29. The molecule has 0 unspecified atom stereocenters. The number of hydrogen-bond donors (Lipinski definition) is 0. The van der Waals surface area contributed by atoms with Crippen molar-refractivity contribution in [1.82, 2.24) is 5.16 Å². The Bertz CT molecular complexity index is 1280. The van der Waals surface area contributed by atoms with E-state index in [1.165, 1.54) is 18.4 Å². The zero-order chi connectivity index (χ0) is 25.4. The van der Waals surface area contributed by atoms with Crippen molar-refractivity contribution in [1.29, 1.82) is 0 Å². The first-order valence-corrected chi connectivity index (χ1v) is 12.9. The van der Waals surface area contributed by atoms with Crippen LogP contribution >= 0.6 is 0 Å². The van der Waals surface area contributed by atoms with Gasteiger partial charge in [-0.05, 0) is 43.4 Å². The summed E-state index contributed by atoms with van der Waals surface area (Å²) in [6.07, 6.45) is 4.26. The molecule has 37 heavy (non-hydrogen) atoms. The molecule has 2 aliphatic carbocycles. The van der Waals surface area contributed by atoms with Crippen LogP contribution in [0.4, 0.5) is 11.5 Å². The Kier molecular flexibility index (Phi) is 8.87. The molecule has 0 amide bonds. The maximum Gasteiger partial charge on any atom is 1.00 e. The Morgan fingerprint density at radius 2 is 1.86 bits per heavy atom. The number of ether oxygens (including phenoxy) is 3. The molecule has 3 aromatic rings. The number of benzene rings is 2. The largest absolute Gasteiger partial charge is 1.00 e. The summed E-state index contributed by atoms with van der Waals surface area (Å²) < 4.78 is 26.6. The van der Waals surface area contributed by atoms with Gasteiger partial charge in [0.25, 0.3) is 0 Å². The third-order valence-electron chi connectivity index (χ3n) is 7.10. The van der Waals surface area contributed by atoms with E-state index in [0.717, 1.165) is 49.1 Å². The van der Waals surface area contributed by atoms with E-state index in [1.807, 2.05) is 0 Å². The van der Waals surface area contributed by atoms with Gasteiger partial charge in [0.2, 0.25) is 4.90 Å². The Balaban J connectivity index is 0.00000320. The van der Waals surface area contributed by atoms with Gasteiger partial charge < -0.3 is 23.6 Å². The molecule has 0 atom stereocenters. The van der Waals surface area contributed by atoms with Gasteiger partial charge in [-0.3, -0.25) is 5.16 Å². The van der Waals surface area contributed by atoms with Gasteiger partial charge in [-0.15, -0.1) is 0 Å². The molecule has 0 radical (unpaired) electrons. The van der Waals surface area contributed by atoms with Crippen molar-refractivity contribution >= 4 is 29.4 Å². The first-order chi connectivity index (χ1) is 17.4. The van der Waals surface area contributed by atoms with Crippen LogP contribution < -0.4 is 65.8 Å². The van der Waals surface area contributed by atoms with Gasteiger partial charge in [-0.2, -0.15) is 0 Å². The Morgan fingerprint density at radius 3 is 2.46 bits per heavy atom. The number of anilines is 1. The second-order valence-electron chi connectivity index (χ2n) is 9.34. The minimum absolute atomic E-state index is 0. The van der Waals surface area contributed by atoms with Gasteiger partial charge in [0.15, 0.2) is 11.5 Å². The number of methoxy groups -OCH3 is 3. The summed E-state index contributed by atoms with van der Waals surface area (Å²) in [6, 6.07) is 9.98. The van der Waals surface area contributed by atoms with Gasteiger partial charge in [0.1, 0.15) is 5.76 Å². The molecule has 1 fully saturated rings. The maximum absolute atomic E-state index is 12.1. The van der Waals surface area contributed by atoms with Crippen LogP contribution in [0.15, 0.2) is 39.8 Å². The van der Waals surface area contributed by atoms with Crippen LogP contribution in [0.3, 0.4) is 0 Å². The van der Waals surface area contributed by atoms with E-state index in [9.17, 15) is 4.79 Å². The fraction of sp³-hybridized carbons (Fsp3) is 0.407. The first kappa shape index (κ1) is 28.3. The topological polar surface area (TPSA) is 88.1 Å². The molecule has 0 N–H and O–H groups in total. The van der Waals surface area contributed by atoms with E-state index < -0.39 is 5.97 Å². The van der Waals surface area contributed by atoms with Crippen LogP contribution in [0.1, 0.15) is 47.7 Å². The molecule has 2 aromatic carbocycles. The molecular weight excluding hydrogens is 517 g/mol. The van der Waals surface area contributed by atoms with Crippen molar-refractivity contribution < 1.29 is 74.9 Å². The van der Waals surface area contributed by atoms with Gasteiger partial charge in [0.05, 0.1) is 38.8 Å². The third-order valence-corrected chi connectivity index (χ3v) is 8.03. The normalized spacial score (nSPS) is 14.2. The predicted octanol–water partition coefficient (Wildman–Crippen LogP) is 2.38. The molecular formula is C27H31KN3O5S+. The number of esters is 1. The van der Waals surface area contributed by atoms with Gasteiger partial charge in [-0.1, -0.05) is 13.0 Å². The molecule has 8 nitrogen and oxygen atoms in total. The summed E-state index contributed by atoms with van der Waals surface area (Å²) >= 11 is 0.577. The molecule has 1 spiro atoms. The van der Waals surface area contributed by atoms with Gasteiger partial charge in [0, 0.05) is 53.8 Å². The summed E-state index contributed by atoms with van der Waals surface area (Å²) in [4.78, 5) is 15.0. The average molecular weight is 549 g/mol. The standard InChI is InChI=1S/C27H31N3O5S.K/c1-6-11-30(2)17-7-8-20-18(14-17)23-19(15-27(20)9-10-27)25(28-35-23)29-36-24-21(32-3)12-16(26(31)34-5)13-22(24)33-4;/h7-8,12-14,36H,6,9-11,15H2,1-5H3;/q;+1. The minimum Gasteiger partial charge on any atom is -0.491 e. The van der Waals surface area contributed by atoms with Crippen molar-refractivity contribution in [2.45, 2.75) is 42.9 Å². The van der Waals surface area contributed by atoms with Crippen molar-refractivity contribution in [2.75, 3.05) is 39.8 Å².